The van der Waals surface area contributed by atoms with Gasteiger partial charge in [0.2, 0.25) is 0 Å². The van der Waals surface area contributed by atoms with E-state index in [2.05, 4.69) is 4.98 Å². The number of nitrogens with zero attached hydrogens (tertiary/aromatic N) is 2. The number of aromatic nitrogens is 1. The third kappa shape index (κ3) is 3.91. The van der Waals surface area contributed by atoms with Crippen molar-refractivity contribution in [1.29, 1.82) is 0 Å². The fourth-order valence-corrected chi connectivity index (χ4v) is 1.48. The fourth-order valence-electron chi connectivity index (χ4n) is 1.48. The van der Waals surface area contributed by atoms with Gasteiger partial charge in [-0.3, -0.25) is 9.78 Å². The molecule has 1 N–H and O–H groups in total. The van der Waals surface area contributed by atoms with Crippen molar-refractivity contribution in [3.8, 4) is 0 Å². The first kappa shape index (κ1) is 15.9. The number of carboxylic acids is 1. The van der Waals surface area contributed by atoms with E-state index in [-0.39, 0.29) is 11.4 Å². The molecule has 20 heavy (non-hydrogen) atoms. The Bertz CT molecular complexity index is 518. The van der Waals surface area contributed by atoms with Crippen LogP contribution in [-0.2, 0) is 4.79 Å². The minimum absolute atomic E-state index is 0.148. The van der Waals surface area contributed by atoms with Crippen LogP contribution in [0.4, 0.5) is 0 Å². The second-order valence-corrected chi connectivity index (χ2v) is 5.18. The predicted octanol–water partition coefficient (Wildman–Crippen LogP) is 2.44. The minimum atomic E-state index is -1.02. The van der Waals surface area contributed by atoms with Gasteiger partial charge in [-0.2, -0.15) is 0 Å². The summed E-state index contributed by atoms with van der Waals surface area (Å²) >= 11 is 0. The zero-order valence-electron chi connectivity index (χ0n) is 12.3. The first-order valence-corrected chi connectivity index (χ1v) is 6.43. The Labute approximate surface area is 118 Å². The van der Waals surface area contributed by atoms with Crippen LogP contribution in [0.2, 0.25) is 0 Å². The molecule has 0 saturated heterocycles. The van der Waals surface area contributed by atoms with Crippen molar-refractivity contribution in [3.05, 3.63) is 35.7 Å². The number of hydrogen-bond donors (Lipinski definition) is 1. The molecule has 0 aromatic carbocycles. The van der Waals surface area contributed by atoms with E-state index < -0.39 is 5.97 Å². The molecule has 0 unspecified atom stereocenters. The maximum atomic E-state index is 12.3. The predicted molar refractivity (Wildman–Crippen MR) is 77.4 cm³/mol. The van der Waals surface area contributed by atoms with Gasteiger partial charge in [-0.05, 0) is 38.0 Å². The van der Waals surface area contributed by atoms with Crippen molar-refractivity contribution >= 4 is 18.0 Å². The average Bonchev–Trinajstić information content (AvgIpc) is 2.44. The van der Waals surface area contributed by atoms with Crippen LogP contribution in [0.5, 0.6) is 0 Å². The summed E-state index contributed by atoms with van der Waals surface area (Å²) in [5.74, 6) is -1.17. The van der Waals surface area contributed by atoms with Gasteiger partial charge in [-0.15, -0.1) is 0 Å². The third-order valence-electron chi connectivity index (χ3n) is 3.50. The molecule has 0 atom stereocenters. The Hall–Kier alpha value is -2.17. The van der Waals surface area contributed by atoms with E-state index in [9.17, 15) is 9.59 Å². The topological polar surface area (TPSA) is 70.5 Å². The molecule has 1 amide bonds. The van der Waals surface area contributed by atoms with Gasteiger partial charge < -0.3 is 10.0 Å². The summed E-state index contributed by atoms with van der Waals surface area (Å²) in [6.07, 6.45) is 4.79. The van der Waals surface area contributed by atoms with E-state index in [4.69, 9.17) is 5.11 Å². The molecule has 108 valence electrons. The first-order chi connectivity index (χ1) is 9.27. The van der Waals surface area contributed by atoms with Gasteiger partial charge in [-0.25, -0.2) is 4.79 Å². The third-order valence-corrected chi connectivity index (χ3v) is 3.50. The fraction of sp³-hybridized carbons (Fsp3) is 0.400. The maximum absolute atomic E-state index is 12.3. The van der Waals surface area contributed by atoms with Crippen molar-refractivity contribution in [3.63, 3.8) is 0 Å². The van der Waals surface area contributed by atoms with Crippen LogP contribution in [0.15, 0.2) is 24.4 Å². The van der Waals surface area contributed by atoms with E-state index in [1.807, 2.05) is 20.8 Å². The van der Waals surface area contributed by atoms with Crippen molar-refractivity contribution in [2.45, 2.75) is 32.7 Å². The van der Waals surface area contributed by atoms with E-state index in [0.717, 1.165) is 12.5 Å². The van der Waals surface area contributed by atoms with Crippen LogP contribution in [0.25, 0.3) is 6.08 Å². The largest absolute Gasteiger partial charge is 0.478 e. The van der Waals surface area contributed by atoms with Crippen LogP contribution < -0.4 is 0 Å². The maximum Gasteiger partial charge on any atom is 0.328 e. The lowest BCUT2D eigenvalue weighted by molar-refractivity contribution is -0.131. The quantitative estimate of drug-likeness (QED) is 0.838. The summed E-state index contributed by atoms with van der Waals surface area (Å²) in [4.78, 5) is 28.5. The molecular weight excluding hydrogens is 256 g/mol. The molecule has 0 aliphatic rings. The van der Waals surface area contributed by atoms with Crippen molar-refractivity contribution in [2.24, 2.45) is 0 Å². The summed E-state index contributed by atoms with van der Waals surface area (Å²) in [6, 6.07) is 3.28. The van der Waals surface area contributed by atoms with Gasteiger partial charge in [-0.1, -0.05) is 13.0 Å². The van der Waals surface area contributed by atoms with Gasteiger partial charge in [0.05, 0.1) is 0 Å². The number of carboxylic acid groups (broad SMARTS) is 1. The monoisotopic (exact) mass is 276 g/mol. The molecule has 0 aliphatic carbocycles. The summed E-state index contributed by atoms with van der Waals surface area (Å²) in [5.41, 5.74) is 0.753. The molecule has 0 fully saturated rings. The highest BCUT2D eigenvalue weighted by molar-refractivity contribution is 5.93. The zero-order chi connectivity index (χ0) is 15.3. The highest BCUT2D eigenvalue weighted by Crippen LogP contribution is 2.18. The van der Waals surface area contributed by atoms with Crippen LogP contribution in [0.3, 0.4) is 0 Å². The molecule has 1 aromatic heterocycles. The average molecular weight is 276 g/mol. The molecule has 1 rings (SSSR count). The van der Waals surface area contributed by atoms with Gasteiger partial charge in [0.1, 0.15) is 5.69 Å². The number of amides is 1. The van der Waals surface area contributed by atoms with E-state index >= 15 is 0 Å². The molecule has 1 aromatic rings. The summed E-state index contributed by atoms with van der Waals surface area (Å²) in [5, 5.41) is 8.54. The zero-order valence-corrected chi connectivity index (χ0v) is 12.3. The lowest BCUT2D eigenvalue weighted by Crippen LogP contribution is -2.44. The second-order valence-electron chi connectivity index (χ2n) is 5.18. The summed E-state index contributed by atoms with van der Waals surface area (Å²) in [6.45, 7) is 6.01. The lowest BCUT2D eigenvalue weighted by atomic mass is 9.99. The molecule has 0 spiro atoms. The molecule has 0 bridgehead atoms. The van der Waals surface area contributed by atoms with Crippen LogP contribution in [0.1, 0.15) is 43.2 Å². The summed E-state index contributed by atoms with van der Waals surface area (Å²) in [7, 11) is 1.76. The molecular formula is C15H20N2O3. The van der Waals surface area contributed by atoms with Crippen molar-refractivity contribution < 1.29 is 14.7 Å². The summed E-state index contributed by atoms with van der Waals surface area (Å²) < 4.78 is 0. The number of carbonyl (C=O) groups excluding carboxylic acids is 1. The second kappa shape index (κ2) is 6.32. The Morgan fingerprint density at radius 2 is 2.05 bits per heavy atom. The SMILES string of the molecule is CCC(C)(C)N(C)C(=O)c1ccc(C=CC(=O)O)cn1. The number of rotatable bonds is 5. The van der Waals surface area contributed by atoms with Crippen LogP contribution in [-0.4, -0.2) is 39.5 Å². The number of aliphatic carboxylic acids is 1. The Balaban J connectivity index is 2.88. The lowest BCUT2D eigenvalue weighted by Gasteiger charge is -2.34. The Morgan fingerprint density at radius 1 is 1.40 bits per heavy atom. The molecule has 5 nitrogen and oxygen atoms in total. The molecule has 0 aliphatic heterocycles. The Kier molecular flexibility index (Phi) is 5.02. The normalized spacial score (nSPS) is 11.6. The van der Waals surface area contributed by atoms with E-state index in [0.29, 0.717) is 11.3 Å². The number of pyridine rings is 1. The standard InChI is InChI=1S/C15H20N2O3/c1-5-15(2,3)17(4)14(20)12-8-6-11(10-16-12)7-9-13(18)19/h6-10H,5H2,1-4H3,(H,18,19). The minimum Gasteiger partial charge on any atom is -0.478 e. The highest BCUT2D eigenvalue weighted by Gasteiger charge is 2.26. The van der Waals surface area contributed by atoms with Crippen LogP contribution in [0, 0.1) is 0 Å². The molecule has 5 heteroatoms. The molecule has 0 radical (unpaired) electrons. The Morgan fingerprint density at radius 3 is 2.50 bits per heavy atom. The first-order valence-electron chi connectivity index (χ1n) is 6.43. The van der Waals surface area contributed by atoms with Gasteiger partial charge in [0.25, 0.3) is 5.91 Å². The molecule has 1 heterocycles. The van der Waals surface area contributed by atoms with Gasteiger partial charge >= 0.3 is 5.97 Å². The van der Waals surface area contributed by atoms with Gasteiger partial charge in [0.15, 0.2) is 0 Å². The smallest absolute Gasteiger partial charge is 0.328 e. The molecule has 0 saturated carbocycles. The van der Waals surface area contributed by atoms with Crippen molar-refractivity contribution in [2.75, 3.05) is 7.05 Å². The van der Waals surface area contributed by atoms with E-state index in [1.54, 1.807) is 24.1 Å². The van der Waals surface area contributed by atoms with Crippen LogP contribution >= 0.6 is 0 Å². The van der Waals surface area contributed by atoms with Gasteiger partial charge in [0, 0.05) is 24.9 Å². The number of carbonyl (C=O) groups is 2. The highest BCUT2D eigenvalue weighted by atomic mass is 16.4. The van der Waals surface area contributed by atoms with Crippen molar-refractivity contribution in [1.82, 2.24) is 9.88 Å². The van der Waals surface area contributed by atoms with E-state index in [1.165, 1.54) is 12.3 Å². The number of hydrogen-bond acceptors (Lipinski definition) is 3.